The van der Waals surface area contributed by atoms with Crippen LogP contribution in [0.4, 0.5) is 0 Å². The maximum Gasteiger partial charge on any atom is 0.164 e. The van der Waals surface area contributed by atoms with Gasteiger partial charge < -0.3 is 4.57 Å². The third-order valence-corrected chi connectivity index (χ3v) is 11.3. The lowest BCUT2D eigenvalue weighted by Crippen LogP contribution is -2.04. The van der Waals surface area contributed by atoms with Gasteiger partial charge in [-0.25, -0.2) is 24.9 Å². The van der Waals surface area contributed by atoms with E-state index in [4.69, 9.17) is 24.9 Å². The highest BCUT2D eigenvalue weighted by molar-refractivity contribution is 6.11. The Morgan fingerprint density at radius 1 is 0.333 bits per heavy atom. The number of hydrogen-bond donors (Lipinski definition) is 0. The first kappa shape index (κ1) is 37.2. The van der Waals surface area contributed by atoms with Crippen molar-refractivity contribution in [2.45, 2.75) is 0 Å². The second-order valence-electron chi connectivity index (χ2n) is 15.2. The Morgan fingerprint density at radius 3 is 1.43 bits per heavy atom. The number of hydrogen-bond acceptors (Lipinski definition) is 6. The van der Waals surface area contributed by atoms with E-state index in [0.29, 0.717) is 28.9 Å². The third-order valence-electron chi connectivity index (χ3n) is 11.3. The number of para-hydroxylation sites is 1. The first-order valence-electron chi connectivity index (χ1n) is 20.7. The standard InChI is InChI=1S/C56H35N7/c57-36-43-25-13-14-26-44(43)41-29-31-51-46(33-41)45-27-15-16-28-50(45)63(51)52-32-30-42(55-61-53(39-21-9-3-10-22-39)60-54(62-55)40-23-11-4-12-24-40)34-47(52)56-58-48(37-17-5-1-6-18-37)35-49(59-56)38-19-7-2-8-20-38/h1-35H. The Labute approximate surface area is 364 Å². The summed E-state index contributed by atoms with van der Waals surface area (Å²) in [6.45, 7) is 0. The number of aromatic nitrogens is 6. The maximum atomic E-state index is 10.0. The van der Waals surface area contributed by atoms with Crippen molar-refractivity contribution in [3.05, 3.63) is 218 Å². The molecule has 0 unspecified atom stereocenters. The highest BCUT2D eigenvalue weighted by Gasteiger charge is 2.22. The van der Waals surface area contributed by atoms with Crippen molar-refractivity contribution in [2.24, 2.45) is 0 Å². The van der Waals surface area contributed by atoms with E-state index in [-0.39, 0.29) is 0 Å². The molecular weight excluding hydrogens is 771 g/mol. The average molecular weight is 806 g/mol. The first-order chi connectivity index (χ1) is 31.2. The highest BCUT2D eigenvalue weighted by Crippen LogP contribution is 2.40. The molecule has 0 aliphatic heterocycles. The average Bonchev–Trinajstić information content (AvgIpc) is 3.70. The lowest BCUT2D eigenvalue weighted by Gasteiger charge is -2.17. The molecule has 3 heterocycles. The van der Waals surface area contributed by atoms with Crippen molar-refractivity contribution in [1.82, 2.24) is 29.5 Å². The van der Waals surface area contributed by atoms with Crippen molar-refractivity contribution < 1.29 is 0 Å². The van der Waals surface area contributed by atoms with Gasteiger partial charge in [-0.3, -0.25) is 0 Å². The Bertz CT molecular complexity index is 3390. The molecular formula is C56H35N7. The normalized spacial score (nSPS) is 11.2. The predicted octanol–water partition coefficient (Wildman–Crippen LogP) is 13.3. The summed E-state index contributed by atoms with van der Waals surface area (Å²) in [5.74, 6) is 2.24. The summed E-state index contributed by atoms with van der Waals surface area (Å²) in [6.07, 6.45) is 0. The van der Waals surface area contributed by atoms with Gasteiger partial charge in [-0.15, -0.1) is 0 Å². The van der Waals surface area contributed by atoms with E-state index in [1.54, 1.807) is 0 Å². The van der Waals surface area contributed by atoms with Crippen LogP contribution in [0.15, 0.2) is 212 Å². The van der Waals surface area contributed by atoms with Crippen LogP contribution >= 0.6 is 0 Å². The Hall–Kier alpha value is -8.86. The van der Waals surface area contributed by atoms with E-state index in [0.717, 1.165) is 83.4 Å². The molecule has 11 rings (SSSR count). The largest absolute Gasteiger partial charge is 0.309 e. The van der Waals surface area contributed by atoms with Gasteiger partial charge in [-0.1, -0.05) is 164 Å². The van der Waals surface area contributed by atoms with Crippen molar-refractivity contribution in [3.8, 4) is 90.9 Å². The fraction of sp³-hybridized carbons (Fsp3) is 0. The van der Waals surface area contributed by atoms with Crippen molar-refractivity contribution in [2.75, 3.05) is 0 Å². The monoisotopic (exact) mass is 805 g/mol. The van der Waals surface area contributed by atoms with Crippen LogP contribution < -0.4 is 0 Å². The van der Waals surface area contributed by atoms with Crippen LogP contribution in [0.3, 0.4) is 0 Å². The fourth-order valence-corrected chi connectivity index (χ4v) is 8.30. The smallest absolute Gasteiger partial charge is 0.164 e. The minimum atomic E-state index is 0.529. The predicted molar refractivity (Wildman–Crippen MR) is 253 cm³/mol. The van der Waals surface area contributed by atoms with E-state index >= 15 is 0 Å². The SMILES string of the molecule is N#Cc1ccccc1-c1ccc2c(c1)c1ccccc1n2-c1ccc(-c2nc(-c3ccccc3)nc(-c3ccccc3)n2)cc1-c1nc(-c2ccccc2)cc(-c2ccccc2)n1. The van der Waals surface area contributed by atoms with E-state index in [9.17, 15) is 5.26 Å². The molecule has 3 aromatic heterocycles. The lowest BCUT2D eigenvalue weighted by molar-refractivity contribution is 1.07. The second-order valence-corrected chi connectivity index (χ2v) is 15.2. The second kappa shape index (κ2) is 16.0. The molecule has 0 fully saturated rings. The molecule has 7 heteroatoms. The molecule has 63 heavy (non-hydrogen) atoms. The summed E-state index contributed by atoms with van der Waals surface area (Å²) in [5.41, 5.74) is 12.4. The van der Waals surface area contributed by atoms with E-state index in [1.165, 1.54) is 0 Å². The van der Waals surface area contributed by atoms with Gasteiger partial charge in [0.25, 0.3) is 0 Å². The van der Waals surface area contributed by atoms with Crippen molar-refractivity contribution in [3.63, 3.8) is 0 Å². The van der Waals surface area contributed by atoms with Crippen LogP contribution in [0.2, 0.25) is 0 Å². The van der Waals surface area contributed by atoms with Gasteiger partial charge in [-0.05, 0) is 59.7 Å². The quantitative estimate of drug-likeness (QED) is 0.152. The van der Waals surface area contributed by atoms with Gasteiger partial charge in [0.2, 0.25) is 0 Å². The highest BCUT2D eigenvalue weighted by atomic mass is 15.0. The third kappa shape index (κ3) is 6.98. The molecule has 0 bridgehead atoms. The molecule has 0 N–H and O–H groups in total. The number of fused-ring (bicyclic) bond motifs is 3. The van der Waals surface area contributed by atoms with E-state index in [2.05, 4.69) is 102 Å². The Morgan fingerprint density at radius 2 is 0.825 bits per heavy atom. The topological polar surface area (TPSA) is 93.2 Å². The molecule has 0 atom stereocenters. The van der Waals surface area contributed by atoms with E-state index < -0.39 is 0 Å². The van der Waals surface area contributed by atoms with Crippen molar-refractivity contribution >= 4 is 21.8 Å². The molecule has 0 amide bonds. The zero-order valence-corrected chi connectivity index (χ0v) is 33.8. The van der Waals surface area contributed by atoms with Gasteiger partial charge in [0.1, 0.15) is 0 Å². The summed E-state index contributed by atoms with van der Waals surface area (Å²) in [6, 6.07) is 73.9. The zero-order valence-electron chi connectivity index (χ0n) is 33.8. The summed E-state index contributed by atoms with van der Waals surface area (Å²) >= 11 is 0. The first-order valence-corrected chi connectivity index (χ1v) is 20.7. The molecule has 294 valence electrons. The molecule has 8 aromatic carbocycles. The van der Waals surface area contributed by atoms with Gasteiger partial charge in [-0.2, -0.15) is 5.26 Å². The summed E-state index contributed by atoms with van der Waals surface area (Å²) in [7, 11) is 0. The van der Waals surface area contributed by atoms with Gasteiger partial charge >= 0.3 is 0 Å². The van der Waals surface area contributed by atoms with Gasteiger partial charge in [0.05, 0.1) is 39.7 Å². The maximum absolute atomic E-state index is 10.0. The number of nitriles is 1. The minimum Gasteiger partial charge on any atom is -0.309 e. The van der Waals surface area contributed by atoms with Crippen LogP contribution in [-0.4, -0.2) is 29.5 Å². The molecule has 0 radical (unpaired) electrons. The van der Waals surface area contributed by atoms with Crippen LogP contribution in [-0.2, 0) is 0 Å². The molecule has 0 spiro atoms. The molecule has 0 saturated carbocycles. The lowest BCUT2D eigenvalue weighted by atomic mass is 9.98. The number of rotatable bonds is 8. The summed E-state index contributed by atoms with van der Waals surface area (Å²) in [4.78, 5) is 25.9. The number of nitrogens with zero attached hydrogens (tertiary/aromatic N) is 7. The molecule has 0 aliphatic carbocycles. The molecule has 7 nitrogen and oxygen atoms in total. The Kier molecular flexibility index (Phi) is 9.41. The zero-order chi connectivity index (χ0) is 42.1. The van der Waals surface area contributed by atoms with Crippen LogP contribution in [0.5, 0.6) is 0 Å². The van der Waals surface area contributed by atoms with Gasteiger partial charge in [0.15, 0.2) is 23.3 Å². The van der Waals surface area contributed by atoms with E-state index in [1.807, 2.05) is 121 Å². The Balaban J connectivity index is 1.20. The molecule has 11 aromatic rings. The van der Waals surface area contributed by atoms with Crippen LogP contribution in [0.25, 0.3) is 107 Å². The number of benzene rings is 8. The molecule has 0 saturated heterocycles. The summed E-state index contributed by atoms with van der Waals surface area (Å²) in [5, 5.41) is 12.2. The molecule has 0 aliphatic rings. The van der Waals surface area contributed by atoms with Crippen LogP contribution in [0.1, 0.15) is 5.56 Å². The van der Waals surface area contributed by atoms with Crippen LogP contribution in [0, 0.1) is 11.3 Å². The minimum absolute atomic E-state index is 0.529. The van der Waals surface area contributed by atoms with Crippen molar-refractivity contribution in [1.29, 1.82) is 5.26 Å². The summed E-state index contributed by atoms with van der Waals surface area (Å²) < 4.78 is 2.29. The fourth-order valence-electron chi connectivity index (χ4n) is 8.30. The van der Waals surface area contributed by atoms with Gasteiger partial charge in [0, 0.05) is 44.2 Å².